The lowest BCUT2D eigenvalue weighted by molar-refractivity contribution is 0.0947. The molecule has 0 unspecified atom stereocenters. The van der Waals surface area contributed by atoms with Gasteiger partial charge in [-0.1, -0.05) is 30.3 Å². The first-order valence-electron chi connectivity index (χ1n) is 6.85. The van der Waals surface area contributed by atoms with Gasteiger partial charge < -0.3 is 4.98 Å². The van der Waals surface area contributed by atoms with Gasteiger partial charge in [-0.25, -0.2) is 9.99 Å². The summed E-state index contributed by atoms with van der Waals surface area (Å²) < 4.78 is 0. The zero-order chi connectivity index (χ0) is 15.2. The smallest absolute Gasteiger partial charge is 0.271 e. The monoisotopic (exact) mass is 293 g/mol. The van der Waals surface area contributed by atoms with Crippen LogP contribution in [0.2, 0.25) is 0 Å². The molecule has 2 aromatic heterocycles. The largest absolute Gasteiger partial charge is 0.330 e. The fraction of sp³-hybridized carbons (Fsp3) is 0.0625. The van der Waals surface area contributed by atoms with Crippen LogP contribution in [0.4, 0.5) is 5.95 Å². The topological polar surface area (TPSA) is 73.9 Å². The number of hydrogen-bond acceptors (Lipinski definition) is 4. The Kier molecular flexibility index (Phi) is 4.10. The summed E-state index contributed by atoms with van der Waals surface area (Å²) in [5.74, 6) is 0.335. The Hall–Kier alpha value is -3.15. The average molecular weight is 293 g/mol. The number of aromatic amines is 1. The SMILES string of the molecule is O=C(NN(Cc1ccccc1)c1ncc[nH]1)c1cccnc1. The van der Waals surface area contributed by atoms with Crippen LogP contribution in [0, 0.1) is 0 Å². The van der Waals surface area contributed by atoms with E-state index in [4.69, 9.17) is 0 Å². The second-order valence-corrected chi connectivity index (χ2v) is 4.67. The van der Waals surface area contributed by atoms with E-state index in [9.17, 15) is 4.79 Å². The molecule has 1 aromatic carbocycles. The molecular formula is C16H15N5O. The van der Waals surface area contributed by atoms with Crippen LogP contribution in [-0.2, 0) is 6.54 Å². The van der Waals surface area contributed by atoms with Gasteiger partial charge in [-0.3, -0.25) is 15.2 Å². The van der Waals surface area contributed by atoms with E-state index < -0.39 is 0 Å². The van der Waals surface area contributed by atoms with Gasteiger partial charge in [0.2, 0.25) is 5.95 Å². The molecule has 110 valence electrons. The molecule has 6 nitrogen and oxygen atoms in total. The molecule has 22 heavy (non-hydrogen) atoms. The minimum absolute atomic E-state index is 0.236. The summed E-state index contributed by atoms with van der Waals surface area (Å²) in [4.78, 5) is 23.5. The highest BCUT2D eigenvalue weighted by Gasteiger charge is 2.14. The molecule has 0 aliphatic rings. The first kappa shape index (κ1) is 13.8. The summed E-state index contributed by atoms with van der Waals surface area (Å²) in [6.07, 6.45) is 6.51. The third-order valence-corrected chi connectivity index (χ3v) is 3.08. The summed E-state index contributed by atoms with van der Waals surface area (Å²) in [7, 11) is 0. The number of hydrazine groups is 1. The number of pyridine rings is 1. The van der Waals surface area contributed by atoms with Crippen molar-refractivity contribution >= 4 is 11.9 Å². The molecule has 3 rings (SSSR count). The van der Waals surface area contributed by atoms with Crippen LogP contribution >= 0.6 is 0 Å². The van der Waals surface area contributed by atoms with E-state index in [0.717, 1.165) is 5.56 Å². The molecule has 1 amide bonds. The van der Waals surface area contributed by atoms with Gasteiger partial charge in [0.15, 0.2) is 0 Å². The number of anilines is 1. The van der Waals surface area contributed by atoms with E-state index in [-0.39, 0.29) is 5.91 Å². The molecule has 0 spiro atoms. The third-order valence-electron chi connectivity index (χ3n) is 3.08. The van der Waals surface area contributed by atoms with Crippen LogP contribution in [-0.4, -0.2) is 20.9 Å². The minimum atomic E-state index is -0.236. The summed E-state index contributed by atoms with van der Waals surface area (Å²) in [6.45, 7) is 0.500. The number of nitrogens with one attached hydrogen (secondary N) is 2. The molecule has 0 atom stereocenters. The van der Waals surface area contributed by atoms with Gasteiger partial charge in [-0.15, -0.1) is 0 Å². The van der Waals surface area contributed by atoms with Gasteiger partial charge in [0, 0.05) is 24.8 Å². The van der Waals surface area contributed by atoms with Crippen molar-refractivity contribution in [3.63, 3.8) is 0 Å². The highest BCUT2D eigenvalue weighted by molar-refractivity contribution is 5.94. The van der Waals surface area contributed by atoms with E-state index in [1.165, 1.54) is 6.20 Å². The quantitative estimate of drug-likeness (QED) is 0.707. The zero-order valence-corrected chi connectivity index (χ0v) is 11.8. The molecule has 0 aliphatic carbocycles. The Balaban J connectivity index is 1.79. The van der Waals surface area contributed by atoms with Gasteiger partial charge in [0.1, 0.15) is 0 Å². The van der Waals surface area contributed by atoms with Crippen molar-refractivity contribution in [1.29, 1.82) is 0 Å². The Morgan fingerprint density at radius 1 is 1.14 bits per heavy atom. The number of hydrogen-bond donors (Lipinski definition) is 2. The fourth-order valence-corrected chi connectivity index (χ4v) is 2.02. The van der Waals surface area contributed by atoms with Crippen LogP contribution in [0.5, 0.6) is 0 Å². The third kappa shape index (κ3) is 3.29. The summed E-state index contributed by atoms with van der Waals surface area (Å²) in [6, 6.07) is 13.3. The van der Waals surface area contributed by atoms with Crippen molar-refractivity contribution in [1.82, 2.24) is 20.4 Å². The number of imidazole rings is 1. The zero-order valence-electron chi connectivity index (χ0n) is 11.8. The standard InChI is InChI=1S/C16H15N5O/c22-15(14-7-4-8-17-11-14)20-21(16-18-9-10-19-16)12-13-5-2-1-3-6-13/h1-11H,12H2,(H,18,19)(H,20,22). The summed E-state index contributed by atoms with van der Waals surface area (Å²) in [5.41, 5.74) is 4.40. The number of H-pyrrole nitrogens is 1. The molecule has 0 saturated heterocycles. The normalized spacial score (nSPS) is 10.2. The molecule has 2 N–H and O–H groups in total. The second-order valence-electron chi connectivity index (χ2n) is 4.67. The molecule has 0 fully saturated rings. The molecular weight excluding hydrogens is 278 g/mol. The molecule has 6 heteroatoms. The number of aromatic nitrogens is 3. The Bertz CT molecular complexity index is 713. The number of rotatable bonds is 5. The average Bonchev–Trinajstić information content (AvgIpc) is 3.10. The lowest BCUT2D eigenvalue weighted by Gasteiger charge is -2.22. The lowest BCUT2D eigenvalue weighted by Crippen LogP contribution is -2.42. The Morgan fingerprint density at radius 3 is 2.68 bits per heavy atom. The summed E-state index contributed by atoms with van der Waals surface area (Å²) >= 11 is 0. The summed E-state index contributed by atoms with van der Waals surface area (Å²) in [5, 5.41) is 1.67. The number of benzene rings is 1. The van der Waals surface area contributed by atoms with Crippen molar-refractivity contribution in [2.75, 3.05) is 5.01 Å². The first-order valence-corrected chi connectivity index (χ1v) is 6.85. The molecule has 0 aliphatic heterocycles. The second kappa shape index (κ2) is 6.53. The van der Waals surface area contributed by atoms with Crippen LogP contribution < -0.4 is 10.4 Å². The number of amides is 1. The van der Waals surface area contributed by atoms with E-state index in [0.29, 0.717) is 18.1 Å². The van der Waals surface area contributed by atoms with Crippen LogP contribution in [0.1, 0.15) is 15.9 Å². The van der Waals surface area contributed by atoms with Crippen molar-refractivity contribution < 1.29 is 4.79 Å². The number of carbonyl (C=O) groups is 1. The highest BCUT2D eigenvalue weighted by Crippen LogP contribution is 2.10. The van der Waals surface area contributed by atoms with Gasteiger partial charge >= 0.3 is 0 Å². The van der Waals surface area contributed by atoms with Crippen molar-refractivity contribution in [3.05, 3.63) is 78.4 Å². The van der Waals surface area contributed by atoms with Crippen molar-refractivity contribution in [2.45, 2.75) is 6.54 Å². The van der Waals surface area contributed by atoms with Crippen LogP contribution in [0.25, 0.3) is 0 Å². The van der Waals surface area contributed by atoms with E-state index in [1.807, 2.05) is 30.3 Å². The van der Waals surface area contributed by atoms with Crippen LogP contribution in [0.3, 0.4) is 0 Å². The maximum absolute atomic E-state index is 12.3. The maximum Gasteiger partial charge on any atom is 0.271 e. The van der Waals surface area contributed by atoms with E-state index >= 15 is 0 Å². The predicted molar refractivity (Wildman–Crippen MR) is 82.9 cm³/mol. The lowest BCUT2D eigenvalue weighted by atomic mass is 10.2. The number of carbonyl (C=O) groups excluding carboxylic acids is 1. The van der Waals surface area contributed by atoms with Gasteiger partial charge in [-0.05, 0) is 17.7 Å². The van der Waals surface area contributed by atoms with E-state index in [1.54, 1.807) is 35.7 Å². The van der Waals surface area contributed by atoms with Crippen LogP contribution in [0.15, 0.2) is 67.3 Å². The maximum atomic E-state index is 12.3. The molecule has 3 aromatic rings. The fourth-order valence-electron chi connectivity index (χ4n) is 2.02. The highest BCUT2D eigenvalue weighted by atomic mass is 16.2. The van der Waals surface area contributed by atoms with Gasteiger partial charge in [0.05, 0.1) is 12.1 Å². The van der Waals surface area contributed by atoms with Gasteiger partial charge in [-0.2, -0.15) is 0 Å². The van der Waals surface area contributed by atoms with Crippen molar-refractivity contribution in [3.8, 4) is 0 Å². The minimum Gasteiger partial charge on any atom is -0.330 e. The molecule has 0 saturated carbocycles. The first-order chi connectivity index (χ1) is 10.8. The Morgan fingerprint density at radius 2 is 2.00 bits per heavy atom. The predicted octanol–water partition coefficient (Wildman–Crippen LogP) is 2.16. The molecule has 0 radical (unpaired) electrons. The Labute approximate surface area is 127 Å². The van der Waals surface area contributed by atoms with E-state index in [2.05, 4.69) is 20.4 Å². The molecule has 0 bridgehead atoms. The van der Waals surface area contributed by atoms with Gasteiger partial charge in [0.25, 0.3) is 5.91 Å². The van der Waals surface area contributed by atoms with Crippen molar-refractivity contribution in [2.24, 2.45) is 0 Å². The molecule has 2 heterocycles. The number of nitrogens with zero attached hydrogens (tertiary/aromatic N) is 3.